The summed E-state index contributed by atoms with van der Waals surface area (Å²) < 4.78 is 44.9. The first kappa shape index (κ1) is 23.6. The molecular weight excluding hydrogens is 456 g/mol. The minimum Gasteiger partial charge on any atom is -0.485 e. The number of hydrogen-bond donors (Lipinski definition) is 1. The Balaban J connectivity index is 1.64. The molecule has 0 aromatic heterocycles. The van der Waals surface area contributed by atoms with Crippen molar-refractivity contribution in [3.63, 3.8) is 0 Å². The lowest BCUT2D eigenvalue weighted by molar-refractivity contribution is -0.125. The van der Waals surface area contributed by atoms with Crippen molar-refractivity contribution < 1.29 is 27.4 Å². The molecule has 34 heavy (non-hydrogen) atoms. The fourth-order valence-electron chi connectivity index (χ4n) is 3.55. The monoisotopic (exact) mass is 482 g/mol. The van der Waals surface area contributed by atoms with E-state index in [1.54, 1.807) is 44.2 Å². The molecule has 3 aromatic carbocycles. The number of sulfonamides is 1. The van der Waals surface area contributed by atoms with Gasteiger partial charge in [-0.1, -0.05) is 44.2 Å². The molecule has 0 bridgehead atoms. The number of hydrogen-bond acceptors (Lipinski definition) is 6. The molecule has 0 aliphatic carbocycles. The second-order valence-corrected chi connectivity index (χ2v) is 9.45. The second kappa shape index (κ2) is 10.1. The number of carbonyl (C=O) groups is 1. The van der Waals surface area contributed by atoms with E-state index in [1.165, 1.54) is 22.5 Å². The van der Waals surface area contributed by atoms with Crippen LogP contribution in [0.25, 0.3) is 0 Å². The molecule has 1 atom stereocenters. The van der Waals surface area contributed by atoms with Gasteiger partial charge in [-0.3, -0.25) is 4.79 Å². The Morgan fingerprint density at radius 3 is 2.38 bits per heavy atom. The van der Waals surface area contributed by atoms with Gasteiger partial charge in [0.25, 0.3) is 5.91 Å². The Kier molecular flexibility index (Phi) is 7.04. The number of rotatable bonds is 8. The van der Waals surface area contributed by atoms with Crippen molar-refractivity contribution in [1.29, 1.82) is 0 Å². The zero-order valence-electron chi connectivity index (χ0n) is 18.9. The molecule has 0 saturated heterocycles. The molecular formula is C25H26N2O6S. The Hall–Kier alpha value is -3.56. The minimum atomic E-state index is -3.74. The zero-order chi connectivity index (χ0) is 24.1. The fourth-order valence-corrected chi connectivity index (χ4v) is 5.03. The third-order valence-electron chi connectivity index (χ3n) is 5.32. The van der Waals surface area contributed by atoms with Crippen LogP contribution in [0.1, 0.15) is 13.8 Å². The number of amides is 1. The van der Waals surface area contributed by atoms with Crippen molar-refractivity contribution in [2.24, 2.45) is 0 Å². The Labute approximate surface area is 199 Å². The molecule has 0 spiro atoms. The molecule has 9 heteroatoms. The maximum Gasteiger partial charge on any atom is 0.269 e. The van der Waals surface area contributed by atoms with Gasteiger partial charge >= 0.3 is 0 Å². The number of carbonyl (C=O) groups excluding carboxylic acids is 1. The number of benzene rings is 3. The van der Waals surface area contributed by atoms with Crippen molar-refractivity contribution in [2.45, 2.75) is 24.8 Å². The molecule has 1 N–H and O–H groups in total. The molecule has 1 heterocycles. The van der Waals surface area contributed by atoms with Crippen molar-refractivity contribution in [3.05, 3.63) is 72.8 Å². The number of nitrogens with one attached hydrogen (secondary N) is 1. The van der Waals surface area contributed by atoms with E-state index in [0.29, 0.717) is 36.1 Å². The topological polar surface area (TPSA) is 94.2 Å². The smallest absolute Gasteiger partial charge is 0.269 e. The van der Waals surface area contributed by atoms with Gasteiger partial charge in [0.15, 0.2) is 17.2 Å². The van der Waals surface area contributed by atoms with Crippen LogP contribution >= 0.6 is 0 Å². The molecule has 0 saturated carbocycles. The third kappa shape index (κ3) is 5.00. The molecule has 1 aliphatic heterocycles. The highest BCUT2D eigenvalue weighted by Gasteiger charge is 2.29. The number of para-hydroxylation sites is 3. The number of anilines is 1. The van der Waals surface area contributed by atoms with E-state index in [-0.39, 0.29) is 17.2 Å². The van der Waals surface area contributed by atoms with Crippen molar-refractivity contribution in [1.82, 2.24) is 4.31 Å². The summed E-state index contributed by atoms with van der Waals surface area (Å²) in [6.07, 6.45) is -0.914. The number of fused-ring (bicyclic) bond motifs is 1. The van der Waals surface area contributed by atoms with E-state index < -0.39 is 22.0 Å². The highest BCUT2D eigenvalue weighted by Crippen LogP contribution is 2.34. The summed E-state index contributed by atoms with van der Waals surface area (Å²) in [7, 11) is -3.74. The molecule has 178 valence electrons. The molecule has 8 nitrogen and oxygen atoms in total. The lowest BCUT2D eigenvalue weighted by Gasteiger charge is -2.26. The average Bonchev–Trinajstić information content (AvgIpc) is 2.86. The molecule has 3 aromatic rings. The summed E-state index contributed by atoms with van der Waals surface area (Å²) in [4.78, 5) is 13.1. The first-order chi connectivity index (χ1) is 16.4. The van der Waals surface area contributed by atoms with Gasteiger partial charge in [-0.15, -0.1) is 0 Å². The quantitative estimate of drug-likeness (QED) is 0.515. The van der Waals surface area contributed by atoms with E-state index >= 15 is 0 Å². The minimum absolute atomic E-state index is 0.0230. The lowest BCUT2D eigenvalue weighted by atomic mass is 10.2. The Morgan fingerprint density at radius 2 is 1.68 bits per heavy atom. The van der Waals surface area contributed by atoms with Gasteiger partial charge in [0, 0.05) is 13.1 Å². The van der Waals surface area contributed by atoms with Crippen LogP contribution in [0.5, 0.6) is 23.0 Å². The first-order valence-electron chi connectivity index (χ1n) is 11.0. The van der Waals surface area contributed by atoms with Crippen LogP contribution in [0, 0.1) is 0 Å². The average molecular weight is 483 g/mol. The fraction of sp³-hybridized carbons (Fsp3) is 0.240. The summed E-state index contributed by atoms with van der Waals surface area (Å²) in [6.45, 7) is 4.23. The van der Waals surface area contributed by atoms with Crippen molar-refractivity contribution >= 4 is 21.6 Å². The van der Waals surface area contributed by atoms with E-state index in [1.807, 2.05) is 24.3 Å². The Morgan fingerprint density at radius 1 is 1.00 bits per heavy atom. The standard InChI is InChI=1S/C25H26N2O6S/c1-3-27(4-2)34(29,30)19-14-15-21(32-18-10-6-5-7-11-18)20(16-19)26-25(28)24-17-31-22-12-8-9-13-23(22)33-24/h5-16,24H,3-4,17H2,1-2H3,(H,26,28). The van der Waals surface area contributed by atoms with Crippen LogP contribution in [0.15, 0.2) is 77.7 Å². The van der Waals surface area contributed by atoms with E-state index in [2.05, 4.69) is 5.32 Å². The van der Waals surface area contributed by atoms with Crippen molar-refractivity contribution in [3.8, 4) is 23.0 Å². The summed E-state index contributed by atoms with van der Waals surface area (Å²) >= 11 is 0. The third-order valence-corrected chi connectivity index (χ3v) is 7.37. The van der Waals surface area contributed by atoms with Crippen LogP contribution < -0.4 is 19.5 Å². The maximum absolute atomic E-state index is 13.1. The second-order valence-electron chi connectivity index (χ2n) is 7.52. The Bertz CT molecular complexity index is 1260. The molecule has 4 rings (SSSR count). The predicted octanol–water partition coefficient (Wildman–Crippen LogP) is 4.29. The highest BCUT2D eigenvalue weighted by atomic mass is 32.2. The first-order valence-corrected chi connectivity index (χ1v) is 12.4. The lowest BCUT2D eigenvalue weighted by Crippen LogP contribution is -2.40. The number of ether oxygens (including phenoxy) is 3. The van der Waals surface area contributed by atoms with Gasteiger partial charge < -0.3 is 19.5 Å². The van der Waals surface area contributed by atoms with Gasteiger partial charge in [-0.2, -0.15) is 4.31 Å². The van der Waals surface area contributed by atoms with E-state index in [4.69, 9.17) is 14.2 Å². The zero-order valence-corrected chi connectivity index (χ0v) is 19.7. The van der Waals surface area contributed by atoms with Crippen LogP contribution in [0.2, 0.25) is 0 Å². The van der Waals surface area contributed by atoms with Crippen LogP contribution in [0.3, 0.4) is 0 Å². The van der Waals surface area contributed by atoms with E-state index in [0.717, 1.165) is 0 Å². The van der Waals surface area contributed by atoms with Gasteiger partial charge in [0.05, 0.1) is 10.6 Å². The number of nitrogens with zero attached hydrogens (tertiary/aromatic N) is 1. The summed E-state index contributed by atoms with van der Waals surface area (Å²) in [5.74, 6) is 1.39. The normalized spacial score (nSPS) is 15.1. The SMILES string of the molecule is CCN(CC)S(=O)(=O)c1ccc(Oc2ccccc2)c(NC(=O)C2COc3ccccc3O2)c1. The van der Waals surface area contributed by atoms with Gasteiger partial charge in [0.2, 0.25) is 16.1 Å². The molecule has 0 fully saturated rings. The summed E-state index contributed by atoms with van der Waals surface area (Å²) in [5, 5.41) is 2.77. The molecule has 1 aliphatic rings. The van der Waals surface area contributed by atoms with E-state index in [9.17, 15) is 13.2 Å². The summed E-state index contributed by atoms with van der Waals surface area (Å²) in [6, 6.07) is 20.5. The van der Waals surface area contributed by atoms with Gasteiger partial charge in [-0.25, -0.2) is 8.42 Å². The van der Waals surface area contributed by atoms with Crippen molar-refractivity contribution in [2.75, 3.05) is 25.0 Å². The van der Waals surface area contributed by atoms with Gasteiger partial charge in [0.1, 0.15) is 12.4 Å². The summed E-state index contributed by atoms with van der Waals surface area (Å²) in [5.41, 5.74) is 0.213. The van der Waals surface area contributed by atoms with Gasteiger partial charge in [-0.05, 0) is 42.5 Å². The van der Waals surface area contributed by atoms with Crippen LogP contribution in [-0.4, -0.2) is 44.4 Å². The highest BCUT2D eigenvalue weighted by molar-refractivity contribution is 7.89. The predicted molar refractivity (Wildman–Crippen MR) is 128 cm³/mol. The molecule has 1 unspecified atom stereocenters. The maximum atomic E-state index is 13.1. The molecule has 1 amide bonds. The van der Waals surface area contributed by atoms with Crippen LogP contribution in [-0.2, 0) is 14.8 Å². The van der Waals surface area contributed by atoms with Crippen LogP contribution in [0.4, 0.5) is 5.69 Å². The molecule has 0 radical (unpaired) electrons. The largest absolute Gasteiger partial charge is 0.485 e.